The molecular formula is C24H35N3O2. The zero-order valence-electron chi connectivity index (χ0n) is 17.7. The Kier molecular flexibility index (Phi) is 6.53. The molecule has 0 aromatic heterocycles. The highest BCUT2D eigenvalue weighted by molar-refractivity contribution is 6.05. The molecule has 3 fully saturated rings. The van der Waals surface area contributed by atoms with Crippen molar-refractivity contribution in [3.63, 3.8) is 0 Å². The van der Waals surface area contributed by atoms with Gasteiger partial charge in [-0.2, -0.15) is 0 Å². The van der Waals surface area contributed by atoms with Crippen LogP contribution in [0.2, 0.25) is 0 Å². The molecule has 4 atom stereocenters. The molecule has 4 unspecified atom stereocenters. The number of imide groups is 1. The maximum Gasteiger partial charge on any atom is 0.328 e. The minimum Gasteiger partial charge on any atom is -0.317 e. The first-order valence-corrected chi connectivity index (χ1v) is 11.5. The molecule has 3 amide bonds. The predicted octanol–water partition coefficient (Wildman–Crippen LogP) is 4.43. The van der Waals surface area contributed by atoms with Crippen LogP contribution in [0.25, 0.3) is 0 Å². The Morgan fingerprint density at radius 3 is 2.59 bits per heavy atom. The van der Waals surface area contributed by atoms with Crippen molar-refractivity contribution in [2.45, 2.75) is 64.2 Å². The molecule has 5 heteroatoms. The molecule has 2 heterocycles. The molecule has 5 nitrogen and oxygen atoms in total. The number of rotatable bonds is 4. The molecule has 4 rings (SSSR count). The van der Waals surface area contributed by atoms with Gasteiger partial charge in [0.15, 0.2) is 0 Å². The number of benzene rings is 1. The Bertz CT molecular complexity index is 709. The van der Waals surface area contributed by atoms with E-state index in [9.17, 15) is 9.59 Å². The highest BCUT2D eigenvalue weighted by Gasteiger charge is 2.34. The van der Waals surface area contributed by atoms with E-state index in [2.05, 4.69) is 29.7 Å². The van der Waals surface area contributed by atoms with Crippen molar-refractivity contribution in [3.05, 3.63) is 29.8 Å². The van der Waals surface area contributed by atoms with E-state index in [-0.39, 0.29) is 11.9 Å². The van der Waals surface area contributed by atoms with Crippen molar-refractivity contribution in [1.29, 1.82) is 0 Å². The van der Waals surface area contributed by atoms with Crippen LogP contribution in [0.4, 0.5) is 10.5 Å². The Hall–Kier alpha value is -1.88. The third-order valence-electron chi connectivity index (χ3n) is 7.54. The number of anilines is 1. The van der Waals surface area contributed by atoms with Gasteiger partial charge in [-0.25, -0.2) is 4.79 Å². The zero-order valence-corrected chi connectivity index (χ0v) is 17.7. The van der Waals surface area contributed by atoms with Gasteiger partial charge in [0.1, 0.15) is 0 Å². The van der Waals surface area contributed by atoms with E-state index in [0.29, 0.717) is 18.9 Å². The molecule has 0 bridgehead atoms. The summed E-state index contributed by atoms with van der Waals surface area (Å²) in [5, 5.41) is 5.99. The number of carbonyl (C=O) groups excluding carboxylic acids is 2. The van der Waals surface area contributed by atoms with Crippen LogP contribution < -0.4 is 15.5 Å². The Balaban J connectivity index is 1.35. The van der Waals surface area contributed by atoms with Gasteiger partial charge in [-0.3, -0.25) is 15.0 Å². The zero-order chi connectivity index (χ0) is 20.2. The van der Waals surface area contributed by atoms with Crippen LogP contribution in [-0.4, -0.2) is 31.6 Å². The van der Waals surface area contributed by atoms with E-state index in [4.69, 9.17) is 0 Å². The van der Waals surface area contributed by atoms with Crippen molar-refractivity contribution >= 4 is 17.6 Å². The molecule has 0 radical (unpaired) electrons. The fourth-order valence-electron chi connectivity index (χ4n) is 5.66. The smallest absolute Gasteiger partial charge is 0.317 e. The van der Waals surface area contributed by atoms with E-state index in [1.807, 2.05) is 12.1 Å². The highest BCUT2D eigenvalue weighted by Crippen LogP contribution is 2.45. The number of nitrogens with one attached hydrogen (secondary N) is 2. The van der Waals surface area contributed by atoms with Crippen LogP contribution >= 0.6 is 0 Å². The van der Waals surface area contributed by atoms with Gasteiger partial charge in [0.25, 0.3) is 0 Å². The monoisotopic (exact) mass is 397 g/mol. The number of carbonyl (C=O) groups is 2. The number of nitrogens with zero attached hydrogens (tertiary/aromatic N) is 1. The SMILES string of the molecule is CC(c1ccc(N2CCC(=O)NC2=O)cc1)C1CCC(C2CCCCNCC2)C1. The van der Waals surface area contributed by atoms with Crippen LogP contribution in [0, 0.1) is 17.8 Å². The van der Waals surface area contributed by atoms with Gasteiger partial charge >= 0.3 is 6.03 Å². The Morgan fingerprint density at radius 2 is 1.79 bits per heavy atom. The lowest BCUT2D eigenvalue weighted by Crippen LogP contribution is -2.49. The number of hydrogen-bond donors (Lipinski definition) is 2. The Labute approximate surface area is 174 Å². The first-order chi connectivity index (χ1) is 14.1. The summed E-state index contributed by atoms with van der Waals surface area (Å²) in [5.41, 5.74) is 2.24. The minimum atomic E-state index is -0.311. The van der Waals surface area contributed by atoms with Gasteiger partial charge < -0.3 is 5.32 Å². The molecule has 1 saturated carbocycles. The van der Waals surface area contributed by atoms with Gasteiger partial charge in [-0.05, 0) is 86.6 Å². The molecule has 1 aliphatic carbocycles. The molecule has 3 aliphatic rings. The Morgan fingerprint density at radius 1 is 0.966 bits per heavy atom. The summed E-state index contributed by atoms with van der Waals surface area (Å²) in [6, 6.07) is 8.12. The van der Waals surface area contributed by atoms with Crippen molar-refractivity contribution in [1.82, 2.24) is 10.6 Å². The van der Waals surface area contributed by atoms with Crippen LogP contribution in [0.15, 0.2) is 24.3 Å². The fraction of sp³-hybridized carbons (Fsp3) is 0.667. The second-order valence-electron chi connectivity index (χ2n) is 9.26. The van der Waals surface area contributed by atoms with Gasteiger partial charge in [0, 0.05) is 18.7 Å². The van der Waals surface area contributed by atoms with Gasteiger partial charge in [-0.15, -0.1) is 0 Å². The quantitative estimate of drug-likeness (QED) is 0.790. The maximum absolute atomic E-state index is 12.1. The summed E-state index contributed by atoms with van der Waals surface area (Å²) in [7, 11) is 0. The molecule has 2 saturated heterocycles. The number of hydrogen-bond acceptors (Lipinski definition) is 3. The second kappa shape index (κ2) is 9.29. The van der Waals surface area contributed by atoms with Crippen molar-refractivity contribution in [2.75, 3.05) is 24.5 Å². The maximum atomic E-state index is 12.1. The average molecular weight is 398 g/mol. The standard InChI is InChI=1S/C24H35N3O2/c1-17(20-5-6-21(16-20)19-4-2-3-13-25-14-11-19)18-7-9-22(10-8-18)27-15-12-23(28)26-24(27)29/h7-10,17,19-21,25H,2-6,11-16H2,1H3,(H,26,28,29). The first kappa shape index (κ1) is 20.4. The topological polar surface area (TPSA) is 61.4 Å². The predicted molar refractivity (Wildman–Crippen MR) is 116 cm³/mol. The van der Waals surface area contributed by atoms with Crippen LogP contribution in [0.1, 0.15) is 69.8 Å². The first-order valence-electron chi connectivity index (χ1n) is 11.5. The molecule has 0 spiro atoms. The summed E-state index contributed by atoms with van der Waals surface area (Å²) in [5.74, 6) is 2.93. The molecule has 1 aromatic carbocycles. The van der Waals surface area contributed by atoms with Gasteiger partial charge in [0.2, 0.25) is 5.91 Å². The van der Waals surface area contributed by atoms with Crippen molar-refractivity contribution in [3.8, 4) is 0 Å². The lowest BCUT2D eigenvalue weighted by atomic mass is 9.80. The minimum absolute atomic E-state index is 0.188. The van der Waals surface area contributed by atoms with Gasteiger partial charge in [0.05, 0.1) is 0 Å². The largest absolute Gasteiger partial charge is 0.328 e. The normalized spacial score (nSPS) is 29.8. The highest BCUT2D eigenvalue weighted by atomic mass is 16.2. The lowest BCUT2D eigenvalue weighted by Gasteiger charge is -2.28. The van der Waals surface area contributed by atoms with E-state index < -0.39 is 0 Å². The summed E-state index contributed by atoms with van der Waals surface area (Å²) in [6.45, 7) is 5.22. The van der Waals surface area contributed by atoms with E-state index in [1.165, 1.54) is 63.6 Å². The summed E-state index contributed by atoms with van der Waals surface area (Å²) in [4.78, 5) is 25.1. The summed E-state index contributed by atoms with van der Waals surface area (Å²) >= 11 is 0. The molecular weight excluding hydrogens is 362 g/mol. The number of urea groups is 1. The van der Waals surface area contributed by atoms with Crippen molar-refractivity contribution < 1.29 is 9.59 Å². The van der Waals surface area contributed by atoms with Crippen LogP contribution in [0.5, 0.6) is 0 Å². The third kappa shape index (κ3) is 4.82. The van der Waals surface area contributed by atoms with Crippen molar-refractivity contribution in [2.24, 2.45) is 17.8 Å². The van der Waals surface area contributed by atoms with E-state index in [1.54, 1.807) is 4.90 Å². The molecule has 2 N–H and O–H groups in total. The number of amides is 3. The second-order valence-corrected chi connectivity index (χ2v) is 9.26. The van der Waals surface area contributed by atoms with Crippen LogP contribution in [0.3, 0.4) is 0 Å². The van der Waals surface area contributed by atoms with Crippen LogP contribution in [-0.2, 0) is 4.79 Å². The molecule has 2 aliphatic heterocycles. The third-order valence-corrected chi connectivity index (χ3v) is 7.54. The van der Waals surface area contributed by atoms with E-state index in [0.717, 1.165) is 23.4 Å². The lowest BCUT2D eigenvalue weighted by molar-refractivity contribution is -0.120. The fourth-order valence-corrected chi connectivity index (χ4v) is 5.66. The molecule has 158 valence electrons. The molecule has 29 heavy (non-hydrogen) atoms. The molecule has 1 aromatic rings. The van der Waals surface area contributed by atoms with E-state index >= 15 is 0 Å². The average Bonchev–Trinajstić information content (AvgIpc) is 3.17. The summed E-state index contributed by atoms with van der Waals surface area (Å²) in [6.07, 6.45) is 9.94. The van der Waals surface area contributed by atoms with Gasteiger partial charge in [-0.1, -0.05) is 31.9 Å². The summed E-state index contributed by atoms with van der Waals surface area (Å²) < 4.78 is 0.